The number of nitrogens with one attached hydrogen (secondary N) is 1. The van der Waals surface area contributed by atoms with Crippen molar-refractivity contribution in [2.24, 2.45) is 11.0 Å². The molecule has 2 aliphatic rings. The van der Waals surface area contributed by atoms with E-state index < -0.39 is 29.2 Å². The summed E-state index contributed by atoms with van der Waals surface area (Å²) in [4.78, 5) is 38.4. The predicted molar refractivity (Wildman–Crippen MR) is 78.0 cm³/mol. The minimum absolute atomic E-state index is 0.0545. The molecule has 1 fully saturated rings. The lowest BCUT2D eigenvalue weighted by Crippen LogP contribution is -2.48. The van der Waals surface area contributed by atoms with Crippen LogP contribution in [0.3, 0.4) is 0 Å². The fourth-order valence-electron chi connectivity index (χ4n) is 2.77. The van der Waals surface area contributed by atoms with Gasteiger partial charge in [-0.1, -0.05) is 18.2 Å². The standard InChI is InChI=1S/C15H15N3O4/c1-3-22-13(20)11-10-12(19)18(9-7-5-4-6-8-9)14(21)15(10,2)17-16-11/h4-8,10,17H,3H2,1-2H3. The SMILES string of the molecule is CCOC(=O)C1=NNC2(C)C(=O)N(c3ccccc3)C(=O)C12. The Morgan fingerprint density at radius 1 is 1.36 bits per heavy atom. The zero-order valence-corrected chi connectivity index (χ0v) is 12.2. The number of benzene rings is 1. The number of hydrogen-bond acceptors (Lipinski definition) is 6. The lowest BCUT2D eigenvalue weighted by molar-refractivity contribution is -0.136. The van der Waals surface area contributed by atoms with Crippen molar-refractivity contribution in [1.29, 1.82) is 0 Å². The lowest BCUT2D eigenvalue weighted by Gasteiger charge is -2.20. The highest BCUT2D eigenvalue weighted by molar-refractivity contribution is 6.47. The Morgan fingerprint density at radius 3 is 2.68 bits per heavy atom. The van der Waals surface area contributed by atoms with Gasteiger partial charge in [-0.15, -0.1) is 0 Å². The first kappa shape index (κ1) is 14.2. The summed E-state index contributed by atoms with van der Waals surface area (Å²) in [6.45, 7) is 3.40. The number of esters is 1. The van der Waals surface area contributed by atoms with Crippen LogP contribution in [0, 0.1) is 5.92 Å². The first-order valence-electron chi connectivity index (χ1n) is 6.96. The Morgan fingerprint density at radius 2 is 2.05 bits per heavy atom. The normalized spacial score (nSPS) is 26.5. The van der Waals surface area contributed by atoms with E-state index in [1.807, 2.05) is 0 Å². The molecule has 2 amide bonds. The molecule has 0 bridgehead atoms. The number of amides is 2. The van der Waals surface area contributed by atoms with Crippen LogP contribution in [0.15, 0.2) is 35.4 Å². The molecule has 0 aromatic heterocycles. The Hall–Kier alpha value is -2.70. The molecule has 1 saturated heterocycles. The number of hydrazone groups is 1. The lowest BCUT2D eigenvalue weighted by atomic mass is 9.86. The average molecular weight is 301 g/mol. The van der Waals surface area contributed by atoms with Gasteiger partial charge < -0.3 is 4.74 Å². The number of para-hydroxylation sites is 1. The summed E-state index contributed by atoms with van der Waals surface area (Å²) < 4.78 is 4.91. The van der Waals surface area contributed by atoms with Crippen LogP contribution in [0.25, 0.3) is 0 Å². The van der Waals surface area contributed by atoms with Crippen LogP contribution < -0.4 is 10.3 Å². The van der Waals surface area contributed by atoms with E-state index in [4.69, 9.17) is 4.74 Å². The summed E-state index contributed by atoms with van der Waals surface area (Å²) in [6.07, 6.45) is 0. The molecule has 1 aromatic rings. The van der Waals surface area contributed by atoms with Gasteiger partial charge in [0.05, 0.1) is 12.3 Å². The minimum Gasteiger partial charge on any atom is -0.461 e. The Kier molecular flexibility index (Phi) is 3.20. The monoisotopic (exact) mass is 301 g/mol. The van der Waals surface area contributed by atoms with Gasteiger partial charge in [-0.2, -0.15) is 5.10 Å². The van der Waals surface area contributed by atoms with Crippen molar-refractivity contribution in [1.82, 2.24) is 5.43 Å². The van der Waals surface area contributed by atoms with Crippen molar-refractivity contribution < 1.29 is 19.1 Å². The average Bonchev–Trinajstić information content (AvgIpc) is 2.95. The molecule has 1 N–H and O–H groups in total. The van der Waals surface area contributed by atoms with Gasteiger partial charge in [-0.25, -0.2) is 9.69 Å². The summed E-state index contributed by atoms with van der Waals surface area (Å²) in [5.41, 5.74) is 1.80. The maximum atomic E-state index is 12.7. The van der Waals surface area contributed by atoms with Gasteiger partial charge in [0.25, 0.3) is 5.91 Å². The number of nitrogens with zero attached hydrogens (tertiary/aromatic N) is 2. The molecular formula is C15H15N3O4. The second-order valence-corrected chi connectivity index (χ2v) is 5.28. The highest BCUT2D eigenvalue weighted by atomic mass is 16.5. The third kappa shape index (κ3) is 1.82. The molecule has 1 aromatic carbocycles. The minimum atomic E-state index is -1.25. The smallest absolute Gasteiger partial charge is 0.355 e. The molecule has 3 rings (SSSR count). The van der Waals surface area contributed by atoms with Crippen LogP contribution in [0.5, 0.6) is 0 Å². The molecule has 2 atom stereocenters. The maximum Gasteiger partial charge on any atom is 0.355 e. The molecular weight excluding hydrogens is 286 g/mol. The number of rotatable bonds is 3. The van der Waals surface area contributed by atoms with Gasteiger partial charge in [0.2, 0.25) is 5.91 Å². The number of ether oxygens (including phenoxy) is 1. The molecule has 114 valence electrons. The van der Waals surface area contributed by atoms with E-state index in [1.165, 1.54) is 0 Å². The molecule has 7 heteroatoms. The first-order valence-corrected chi connectivity index (χ1v) is 6.96. The van der Waals surface area contributed by atoms with Crippen LogP contribution in [0.2, 0.25) is 0 Å². The number of carbonyl (C=O) groups excluding carboxylic acids is 3. The van der Waals surface area contributed by atoms with Crippen LogP contribution in [0.1, 0.15) is 13.8 Å². The molecule has 0 aliphatic carbocycles. The van der Waals surface area contributed by atoms with Crippen LogP contribution >= 0.6 is 0 Å². The molecule has 0 spiro atoms. The molecule has 22 heavy (non-hydrogen) atoms. The van der Waals surface area contributed by atoms with Crippen LogP contribution in [-0.2, 0) is 19.1 Å². The van der Waals surface area contributed by atoms with Gasteiger partial charge in [-0.05, 0) is 26.0 Å². The molecule has 7 nitrogen and oxygen atoms in total. The van der Waals surface area contributed by atoms with E-state index in [-0.39, 0.29) is 12.3 Å². The van der Waals surface area contributed by atoms with Crippen molar-refractivity contribution in [2.45, 2.75) is 19.4 Å². The molecule has 2 aliphatic heterocycles. The van der Waals surface area contributed by atoms with Crippen molar-refractivity contribution in [3.05, 3.63) is 30.3 Å². The topological polar surface area (TPSA) is 88.1 Å². The fraction of sp³-hybridized carbons (Fsp3) is 0.333. The number of hydrogen-bond donors (Lipinski definition) is 1. The van der Waals surface area contributed by atoms with Gasteiger partial charge >= 0.3 is 5.97 Å². The summed E-state index contributed by atoms with van der Waals surface area (Å²) >= 11 is 0. The summed E-state index contributed by atoms with van der Waals surface area (Å²) in [5.74, 6) is -2.56. The highest BCUT2D eigenvalue weighted by Crippen LogP contribution is 2.37. The summed E-state index contributed by atoms with van der Waals surface area (Å²) in [5, 5.41) is 3.86. The summed E-state index contributed by atoms with van der Waals surface area (Å²) in [6, 6.07) is 8.60. The van der Waals surface area contributed by atoms with Gasteiger partial charge in [-0.3, -0.25) is 15.0 Å². The zero-order chi connectivity index (χ0) is 15.9. The molecule has 0 saturated carbocycles. The van der Waals surface area contributed by atoms with E-state index >= 15 is 0 Å². The van der Waals surface area contributed by atoms with E-state index in [9.17, 15) is 14.4 Å². The number of anilines is 1. The maximum absolute atomic E-state index is 12.7. The van der Waals surface area contributed by atoms with E-state index in [0.717, 1.165) is 4.90 Å². The van der Waals surface area contributed by atoms with Crippen LogP contribution in [0.4, 0.5) is 5.69 Å². The third-order valence-electron chi connectivity index (χ3n) is 3.87. The van der Waals surface area contributed by atoms with E-state index in [0.29, 0.717) is 5.69 Å². The highest BCUT2D eigenvalue weighted by Gasteiger charge is 2.63. The van der Waals surface area contributed by atoms with Crippen LogP contribution in [-0.4, -0.2) is 35.6 Å². The Bertz CT molecular complexity index is 685. The Balaban J connectivity index is 1.99. The van der Waals surface area contributed by atoms with Crippen molar-refractivity contribution in [2.75, 3.05) is 11.5 Å². The molecule has 2 heterocycles. The number of carbonyl (C=O) groups is 3. The number of fused-ring (bicyclic) bond motifs is 1. The van der Waals surface area contributed by atoms with Gasteiger partial charge in [0.15, 0.2) is 5.71 Å². The molecule has 2 unspecified atom stereocenters. The van der Waals surface area contributed by atoms with Gasteiger partial charge in [0, 0.05) is 0 Å². The van der Waals surface area contributed by atoms with Crippen molar-refractivity contribution >= 4 is 29.2 Å². The van der Waals surface area contributed by atoms with E-state index in [2.05, 4.69) is 10.5 Å². The third-order valence-corrected chi connectivity index (χ3v) is 3.87. The van der Waals surface area contributed by atoms with Crippen molar-refractivity contribution in [3.63, 3.8) is 0 Å². The second kappa shape index (κ2) is 4.94. The fourth-order valence-corrected chi connectivity index (χ4v) is 2.77. The summed E-state index contributed by atoms with van der Waals surface area (Å²) in [7, 11) is 0. The predicted octanol–water partition coefficient (Wildman–Crippen LogP) is 0.457. The number of imide groups is 1. The zero-order valence-electron chi connectivity index (χ0n) is 12.2. The second-order valence-electron chi connectivity index (χ2n) is 5.28. The first-order chi connectivity index (χ1) is 10.5. The molecule has 0 radical (unpaired) electrons. The van der Waals surface area contributed by atoms with E-state index in [1.54, 1.807) is 44.2 Å². The van der Waals surface area contributed by atoms with Gasteiger partial charge in [0.1, 0.15) is 11.5 Å². The van der Waals surface area contributed by atoms with Crippen molar-refractivity contribution in [3.8, 4) is 0 Å². The quantitative estimate of drug-likeness (QED) is 0.647. The Labute approximate surface area is 126 Å². The largest absolute Gasteiger partial charge is 0.461 e.